The molecule has 1 aromatic rings. The average Bonchev–Trinajstić information content (AvgIpc) is 2.60. The van der Waals surface area contributed by atoms with Gasteiger partial charge in [-0.15, -0.1) is 0 Å². The summed E-state index contributed by atoms with van der Waals surface area (Å²) in [4.78, 5) is 14.2. The first-order chi connectivity index (χ1) is 13.6. The third kappa shape index (κ3) is 7.37. The van der Waals surface area contributed by atoms with Gasteiger partial charge in [0.15, 0.2) is 9.84 Å². The molecule has 1 aromatic carbocycles. The first-order valence-corrected chi connectivity index (χ1v) is 12.2. The van der Waals surface area contributed by atoms with Gasteiger partial charge >= 0.3 is 0 Å². The summed E-state index contributed by atoms with van der Waals surface area (Å²) in [7, 11) is -3.01. The van der Waals surface area contributed by atoms with Crippen LogP contribution in [-0.4, -0.2) is 50.5 Å². The van der Waals surface area contributed by atoms with Crippen molar-refractivity contribution in [3.63, 3.8) is 0 Å². The fraction of sp³-hybridized carbons (Fsp3) is 0.682. The van der Waals surface area contributed by atoms with E-state index >= 15 is 0 Å². The lowest BCUT2D eigenvalue weighted by molar-refractivity contribution is -0.118. The lowest BCUT2D eigenvalue weighted by atomic mass is 10.0. The molecule has 0 saturated carbocycles. The molecular weight excluding hydrogens is 393 g/mol. The third-order valence-electron chi connectivity index (χ3n) is 5.28. The van der Waals surface area contributed by atoms with Gasteiger partial charge in [0.2, 0.25) is 0 Å². The first kappa shape index (κ1) is 23.8. The predicted octanol–water partition coefficient (Wildman–Crippen LogP) is 3.93. The molecule has 2 rings (SSSR count). The van der Waals surface area contributed by atoms with Gasteiger partial charge in [-0.3, -0.25) is 4.79 Å². The molecule has 0 radical (unpaired) electrons. The molecule has 0 aliphatic carbocycles. The molecule has 0 N–H and O–H groups in total. The summed E-state index contributed by atoms with van der Waals surface area (Å²) in [6.07, 6.45) is 2.65. The first-order valence-electron chi connectivity index (χ1n) is 10.5. The maximum Gasteiger partial charge on any atom is 0.152 e. The molecule has 0 amide bonds. The molecule has 29 heavy (non-hydrogen) atoms. The quantitative estimate of drug-likeness (QED) is 0.529. The molecule has 7 heteroatoms. The standard InChI is InChI=1S/C22H34FNO4S/c1-16(2)29(26,27)11-7-5-6-8-20(25)12-19-9-10-22(21(23)13-19)24-14-17(3)28-18(4)15-24/h9-10,13,16-18H,5-8,11-12,14-15H2,1-4H3/t17-,18+. The largest absolute Gasteiger partial charge is 0.372 e. The highest BCUT2D eigenvalue weighted by Gasteiger charge is 2.24. The zero-order valence-corrected chi connectivity index (χ0v) is 18.8. The topological polar surface area (TPSA) is 63.7 Å². The number of carbonyl (C=O) groups is 1. The van der Waals surface area contributed by atoms with E-state index in [-0.39, 0.29) is 41.2 Å². The van der Waals surface area contributed by atoms with Gasteiger partial charge in [-0.2, -0.15) is 0 Å². The number of anilines is 1. The summed E-state index contributed by atoms with van der Waals surface area (Å²) in [5, 5.41) is -0.356. The van der Waals surface area contributed by atoms with Crippen LogP contribution in [0.3, 0.4) is 0 Å². The second-order valence-electron chi connectivity index (χ2n) is 8.39. The Bertz CT molecular complexity index is 784. The SMILES string of the molecule is CC(C)S(=O)(=O)CCCCCC(=O)Cc1ccc(N2C[C@@H](C)O[C@@H](C)C2)c(F)c1. The highest BCUT2D eigenvalue weighted by molar-refractivity contribution is 7.91. The normalized spacial score (nSPS) is 20.3. The number of unbranched alkanes of at least 4 members (excludes halogenated alkanes) is 2. The van der Waals surface area contributed by atoms with Crippen LogP contribution in [0, 0.1) is 5.82 Å². The molecule has 0 bridgehead atoms. The number of hydrogen-bond donors (Lipinski definition) is 0. The Labute approximate surface area is 174 Å². The molecule has 5 nitrogen and oxygen atoms in total. The van der Waals surface area contributed by atoms with Crippen LogP contribution >= 0.6 is 0 Å². The van der Waals surface area contributed by atoms with E-state index in [0.29, 0.717) is 50.0 Å². The number of nitrogens with zero attached hydrogens (tertiary/aromatic N) is 1. The molecule has 1 heterocycles. The van der Waals surface area contributed by atoms with Crippen molar-refractivity contribution in [2.24, 2.45) is 0 Å². The predicted molar refractivity (Wildman–Crippen MR) is 115 cm³/mol. The van der Waals surface area contributed by atoms with Gasteiger partial charge in [0.1, 0.15) is 11.6 Å². The van der Waals surface area contributed by atoms with Crippen molar-refractivity contribution >= 4 is 21.3 Å². The Kier molecular flexibility index (Phi) is 8.64. The second kappa shape index (κ2) is 10.5. The van der Waals surface area contributed by atoms with Crippen molar-refractivity contribution in [3.05, 3.63) is 29.6 Å². The summed E-state index contributed by atoms with van der Waals surface area (Å²) in [6.45, 7) is 8.61. The number of Topliss-reactive ketones (excluding diaryl/α,β-unsaturated/α-hetero) is 1. The molecular formula is C22H34FNO4S. The molecule has 1 aliphatic rings. The van der Waals surface area contributed by atoms with Crippen molar-refractivity contribution in [1.82, 2.24) is 0 Å². The molecule has 0 spiro atoms. The van der Waals surface area contributed by atoms with E-state index < -0.39 is 9.84 Å². The van der Waals surface area contributed by atoms with Gasteiger partial charge in [-0.25, -0.2) is 12.8 Å². The number of benzene rings is 1. The van der Waals surface area contributed by atoms with Crippen LogP contribution < -0.4 is 4.90 Å². The Morgan fingerprint density at radius 1 is 1.17 bits per heavy atom. The highest BCUT2D eigenvalue weighted by Crippen LogP contribution is 2.25. The van der Waals surface area contributed by atoms with Crippen molar-refractivity contribution < 1.29 is 22.3 Å². The van der Waals surface area contributed by atoms with Crippen LogP contribution in [0.15, 0.2) is 18.2 Å². The van der Waals surface area contributed by atoms with Crippen LogP contribution in [0.5, 0.6) is 0 Å². The summed E-state index contributed by atoms with van der Waals surface area (Å²) >= 11 is 0. The third-order valence-corrected chi connectivity index (χ3v) is 7.57. The molecule has 2 atom stereocenters. The number of ketones is 1. The lowest BCUT2D eigenvalue weighted by Gasteiger charge is -2.37. The van der Waals surface area contributed by atoms with Crippen LogP contribution in [0.25, 0.3) is 0 Å². The molecule has 0 unspecified atom stereocenters. The minimum absolute atomic E-state index is 0.0509. The van der Waals surface area contributed by atoms with Gasteiger partial charge in [-0.05, 0) is 58.2 Å². The second-order valence-corrected chi connectivity index (χ2v) is 11.1. The van der Waals surface area contributed by atoms with Gasteiger partial charge in [0, 0.05) is 25.9 Å². The summed E-state index contributed by atoms with van der Waals surface area (Å²) in [6, 6.07) is 5.02. The lowest BCUT2D eigenvalue weighted by Crippen LogP contribution is -2.45. The number of hydrogen-bond acceptors (Lipinski definition) is 5. The zero-order valence-electron chi connectivity index (χ0n) is 18.0. The van der Waals surface area contributed by atoms with E-state index in [1.54, 1.807) is 19.9 Å². The maximum atomic E-state index is 14.6. The summed E-state index contributed by atoms with van der Waals surface area (Å²) in [5.41, 5.74) is 1.22. The van der Waals surface area contributed by atoms with Crippen molar-refractivity contribution in [2.75, 3.05) is 23.7 Å². The molecule has 164 valence electrons. The Hall–Kier alpha value is -1.47. The van der Waals surface area contributed by atoms with Crippen LogP contribution in [0.1, 0.15) is 58.9 Å². The Balaban J connectivity index is 1.80. The smallest absolute Gasteiger partial charge is 0.152 e. The minimum atomic E-state index is -3.01. The van der Waals surface area contributed by atoms with E-state index in [9.17, 15) is 17.6 Å². The number of ether oxygens (including phenoxy) is 1. The number of carbonyl (C=O) groups excluding carboxylic acids is 1. The fourth-order valence-electron chi connectivity index (χ4n) is 3.65. The van der Waals surface area contributed by atoms with Crippen molar-refractivity contribution in [1.29, 1.82) is 0 Å². The molecule has 1 fully saturated rings. The van der Waals surface area contributed by atoms with E-state index in [4.69, 9.17) is 4.74 Å². The van der Waals surface area contributed by atoms with Gasteiger partial charge < -0.3 is 9.64 Å². The minimum Gasteiger partial charge on any atom is -0.372 e. The number of rotatable bonds is 10. The summed E-state index contributed by atoms with van der Waals surface area (Å²) < 4.78 is 43.8. The Morgan fingerprint density at radius 2 is 1.83 bits per heavy atom. The monoisotopic (exact) mass is 427 g/mol. The summed E-state index contributed by atoms with van der Waals surface area (Å²) in [5.74, 6) is -0.0856. The Morgan fingerprint density at radius 3 is 2.41 bits per heavy atom. The highest BCUT2D eigenvalue weighted by atomic mass is 32.2. The molecule has 1 aliphatic heterocycles. The van der Waals surface area contributed by atoms with Crippen LogP contribution in [0.2, 0.25) is 0 Å². The van der Waals surface area contributed by atoms with Gasteiger partial charge in [0.25, 0.3) is 0 Å². The van der Waals surface area contributed by atoms with E-state index in [2.05, 4.69) is 0 Å². The average molecular weight is 428 g/mol. The number of halogens is 1. The molecule has 1 saturated heterocycles. The van der Waals surface area contributed by atoms with E-state index in [1.165, 1.54) is 6.07 Å². The zero-order chi connectivity index (χ0) is 21.6. The fourth-order valence-corrected chi connectivity index (χ4v) is 4.72. The number of sulfone groups is 1. The van der Waals surface area contributed by atoms with Crippen LogP contribution in [0.4, 0.5) is 10.1 Å². The number of morpholine rings is 1. The maximum absolute atomic E-state index is 14.6. The van der Waals surface area contributed by atoms with Crippen molar-refractivity contribution in [2.45, 2.75) is 77.3 Å². The molecule has 0 aromatic heterocycles. The van der Waals surface area contributed by atoms with Gasteiger partial charge in [0.05, 0.1) is 28.9 Å². The van der Waals surface area contributed by atoms with Crippen LogP contribution in [-0.2, 0) is 25.8 Å². The van der Waals surface area contributed by atoms with Crippen molar-refractivity contribution in [3.8, 4) is 0 Å². The van der Waals surface area contributed by atoms with E-state index in [1.807, 2.05) is 24.8 Å². The van der Waals surface area contributed by atoms with Gasteiger partial charge in [-0.1, -0.05) is 12.5 Å². The van der Waals surface area contributed by atoms with E-state index in [0.717, 1.165) is 0 Å².